The molecule has 0 saturated carbocycles. The fourth-order valence-electron chi connectivity index (χ4n) is 4.09. The number of fused-ring (bicyclic) bond motifs is 3. The predicted molar refractivity (Wildman–Crippen MR) is 99.0 cm³/mol. The van der Waals surface area contributed by atoms with Gasteiger partial charge in [0.15, 0.2) is 5.41 Å². The van der Waals surface area contributed by atoms with Crippen LogP contribution in [0.25, 0.3) is 11.1 Å². The van der Waals surface area contributed by atoms with E-state index < -0.39 is 30.0 Å². The molecule has 1 aliphatic heterocycles. The zero-order valence-corrected chi connectivity index (χ0v) is 15.0. The first-order valence-corrected chi connectivity index (χ1v) is 9.01. The van der Waals surface area contributed by atoms with Gasteiger partial charge in [-0.05, 0) is 28.7 Å². The lowest BCUT2D eigenvalue weighted by Gasteiger charge is -2.21. The summed E-state index contributed by atoms with van der Waals surface area (Å²) in [5.41, 5.74) is 2.39. The van der Waals surface area contributed by atoms with Gasteiger partial charge in [-0.25, -0.2) is 4.79 Å². The fourth-order valence-corrected chi connectivity index (χ4v) is 4.09. The highest BCUT2D eigenvalue weighted by Gasteiger charge is 2.53. The van der Waals surface area contributed by atoms with Crippen LogP contribution in [0.15, 0.2) is 48.5 Å². The number of carboxylic acids is 2. The van der Waals surface area contributed by atoms with Crippen LogP contribution in [0.4, 0.5) is 4.79 Å². The zero-order chi connectivity index (χ0) is 19.9. The van der Waals surface area contributed by atoms with Crippen molar-refractivity contribution < 1.29 is 29.3 Å². The van der Waals surface area contributed by atoms with E-state index in [-0.39, 0.29) is 25.5 Å². The lowest BCUT2D eigenvalue weighted by molar-refractivity contribution is -0.163. The average Bonchev–Trinajstić information content (AvgIpc) is 3.28. The standard InChI is InChI=1S/C21H19NO6/c23-18(24)21(19(25)26)9-10-22(12-21)20(27)28-11-17-15-7-3-1-5-13(15)14-6-2-4-8-16(14)17/h1-8,17H,9-12H2,(H,23,24)(H,25,26). The third-order valence-corrected chi connectivity index (χ3v) is 5.68. The number of ether oxygens (including phenoxy) is 1. The third kappa shape index (κ3) is 2.70. The molecule has 144 valence electrons. The Morgan fingerprint density at radius 2 is 1.50 bits per heavy atom. The third-order valence-electron chi connectivity index (χ3n) is 5.68. The molecule has 1 saturated heterocycles. The zero-order valence-electron chi connectivity index (χ0n) is 15.0. The molecule has 2 aromatic carbocycles. The van der Waals surface area contributed by atoms with E-state index in [4.69, 9.17) is 4.74 Å². The molecule has 0 unspecified atom stereocenters. The van der Waals surface area contributed by atoms with Crippen molar-refractivity contribution in [2.45, 2.75) is 12.3 Å². The van der Waals surface area contributed by atoms with Crippen molar-refractivity contribution in [2.24, 2.45) is 5.41 Å². The summed E-state index contributed by atoms with van der Waals surface area (Å²) in [5, 5.41) is 18.6. The van der Waals surface area contributed by atoms with E-state index in [0.717, 1.165) is 27.2 Å². The van der Waals surface area contributed by atoms with Crippen molar-refractivity contribution in [2.75, 3.05) is 19.7 Å². The lowest BCUT2D eigenvalue weighted by atomic mass is 9.87. The minimum absolute atomic E-state index is 0.0370. The average molecular weight is 381 g/mol. The Kier molecular flexibility index (Phi) is 4.30. The summed E-state index contributed by atoms with van der Waals surface area (Å²) in [6, 6.07) is 15.9. The maximum Gasteiger partial charge on any atom is 0.409 e. The van der Waals surface area contributed by atoms with Crippen LogP contribution in [0.1, 0.15) is 23.5 Å². The second kappa shape index (κ2) is 6.67. The number of likely N-dealkylation sites (tertiary alicyclic amines) is 1. The van der Waals surface area contributed by atoms with Gasteiger partial charge in [0.2, 0.25) is 0 Å². The normalized spacial score (nSPS) is 17.1. The Balaban J connectivity index is 1.49. The maximum absolute atomic E-state index is 12.5. The van der Waals surface area contributed by atoms with Gasteiger partial charge in [0.05, 0.1) is 6.54 Å². The van der Waals surface area contributed by atoms with Crippen molar-refractivity contribution >= 4 is 18.0 Å². The van der Waals surface area contributed by atoms with Gasteiger partial charge in [0.25, 0.3) is 0 Å². The van der Waals surface area contributed by atoms with Gasteiger partial charge < -0.3 is 19.8 Å². The minimum Gasteiger partial charge on any atom is -0.480 e. The number of benzene rings is 2. The van der Waals surface area contributed by atoms with E-state index >= 15 is 0 Å². The molecule has 1 amide bonds. The van der Waals surface area contributed by atoms with Gasteiger partial charge >= 0.3 is 18.0 Å². The second-order valence-corrected chi connectivity index (χ2v) is 7.17. The molecule has 0 aromatic heterocycles. The smallest absolute Gasteiger partial charge is 0.409 e. The van der Waals surface area contributed by atoms with Gasteiger partial charge in [-0.2, -0.15) is 0 Å². The SMILES string of the molecule is O=C(OCC1c2ccccc2-c2ccccc21)N1CCC(C(=O)O)(C(=O)O)C1. The van der Waals surface area contributed by atoms with Crippen molar-refractivity contribution in [3.05, 3.63) is 59.7 Å². The van der Waals surface area contributed by atoms with Crippen molar-refractivity contribution in [1.82, 2.24) is 4.90 Å². The van der Waals surface area contributed by atoms with E-state index in [2.05, 4.69) is 0 Å². The summed E-state index contributed by atoms with van der Waals surface area (Å²) in [6.07, 6.45) is -0.826. The van der Waals surface area contributed by atoms with Crippen LogP contribution in [-0.2, 0) is 14.3 Å². The Bertz CT molecular complexity index is 909. The van der Waals surface area contributed by atoms with E-state index in [9.17, 15) is 24.6 Å². The van der Waals surface area contributed by atoms with Gasteiger partial charge in [0, 0.05) is 12.5 Å². The molecule has 7 nitrogen and oxygen atoms in total. The fraction of sp³-hybridized carbons (Fsp3) is 0.286. The van der Waals surface area contributed by atoms with Gasteiger partial charge in [-0.15, -0.1) is 0 Å². The first-order valence-electron chi connectivity index (χ1n) is 9.01. The van der Waals surface area contributed by atoms with Gasteiger partial charge in [-0.1, -0.05) is 48.5 Å². The van der Waals surface area contributed by atoms with E-state index in [1.54, 1.807) is 0 Å². The molecule has 2 aromatic rings. The van der Waals surface area contributed by atoms with Crippen LogP contribution in [0, 0.1) is 5.41 Å². The number of nitrogens with zero attached hydrogens (tertiary/aromatic N) is 1. The summed E-state index contributed by atoms with van der Waals surface area (Å²) in [4.78, 5) is 36.5. The quantitative estimate of drug-likeness (QED) is 0.789. The van der Waals surface area contributed by atoms with Crippen LogP contribution >= 0.6 is 0 Å². The maximum atomic E-state index is 12.5. The highest BCUT2D eigenvalue weighted by Crippen LogP contribution is 2.44. The molecular formula is C21H19NO6. The number of amides is 1. The van der Waals surface area contributed by atoms with Crippen LogP contribution in [-0.4, -0.2) is 52.8 Å². The number of aliphatic carboxylic acids is 2. The Labute approximate surface area is 161 Å². The van der Waals surface area contributed by atoms with E-state index in [1.165, 1.54) is 0 Å². The molecular weight excluding hydrogens is 362 g/mol. The van der Waals surface area contributed by atoms with E-state index in [0.29, 0.717) is 0 Å². The molecule has 7 heteroatoms. The number of rotatable bonds is 4. The summed E-state index contributed by atoms with van der Waals surface area (Å²) < 4.78 is 5.48. The monoisotopic (exact) mass is 381 g/mol. The molecule has 1 heterocycles. The molecule has 0 bridgehead atoms. The van der Waals surface area contributed by atoms with Gasteiger partial charge in [0.1, 0.15) is 6.61 Å². The summed E-state index contributed by atoms with van der Waals surface area (Å²) in [5.74, 6) is -2.98. The summed E-state index contributed by atoms with van der Waals surface area (Å²) in [7, 11) is 0. The molecule has 2 aliphatic rings. The topological polar surface area (TPSA) is 104 Å². The van der Waals surface area contributed by atoms with Crippen LogP contribution in [0.3, 0.4) is 0 Å². The van der Waals surface area contributed by atoms with Gasteiger partial charge in [-0.3, -0.25) is 9.59 Å². The van der Waals surface area contributed by atoms with E-state index in [1.807, 2.05) is 48.5 Å². The Morgan fingerprint density at radius 1 is 0.964 bits per heavy atom. The molecule has 1 fully saturated rings. The van der Waals surface area contributed by atoms with Crippen LogP contribution in [0.5, 0.6) is 0 Å². The molecule has 0 spiro atoms. The summed E-state index contributed by atoms with van der Waals surface area (Å²) in [6.45, 7) is -0.250. The van der Waals surface area contributed by atoms with Crippen LogP contribution in [0.2, 0.25) is 0 Å². The predicted octanol–water partition coefficient (Wildman–Crippen LogP) is 2.80. The minimum atomic E-state index is -1.97. The Hall–Kier alpha value is -3.35. The molecule has 4 rings (SSSR count). The molecule has 28 heavy (non-hydrogen) atoms. The first kappa shape index (κ1) is 18.0. The number of carbonyl (C=O) groups is 3. The number of hydrogen-bond acceptors (Lipinski definition) is 4. The number of hydrogen-bond donors (Lipinski definition) is 2. The first-order chi connectivity index (χ1) is 13.4. The lowest BCUT2D eigenvalue weighted by Crippen LogP contribution is -2.43. The molecule has 1 aliphatic carbocycles. The molecule has 0 atom stereocenters. The molecule has 0 radical (unpaired) electrons. The highest BCUT2D eigenvalue weighted by molar-refractivity contribution is 5.99. The van der Waals surface area contributed by atoms with Crippen molar-refractivity contribution in [1.29, 1.82) is 0 Å². The van der Waals surface area contributed by atoms with Crippen molar-refractivity contribution in [3.8, 4) is 11.1 Å². The van der Waals surface area contributed by atoms with Crippen LogP contribution < -0.4 is 0 Å². The van der Waals surface area contributed by atoms with Crippen molar-refractivity contribution in [3.63, 3.8) is 0 Å². The Morgan fingerprint density at radius 3 is 2.00 bits per heavy atom. The summed E-state index contributed by atoms with van der Waals surface area (Å²) >= 11 is 0. The highest BCUT2D eigenvalue weighted by atomic mass is 16.6. The second-order valence-electron chi connectivity index (χ2n) is 7.17. The number of carboxylic acid groups (broad SMARTS) is 2. The largest absolute Gasteiger partial charge is 0.480 e. The number of carbonyl (C=O) groups excluding carboxylic acids is 1. The molecule has 2 N–H and O–H groups in total.